The number of fused-ring (bicyclic) bond motifs is 1. The zero-order valence-corrected chi connectivity index (χ0v) is 17.3. The molecular weight excluding hydrogens is 396 g/mol. The molecule has 0 saturated carbocycles. The number of carbonyl (C=O) groups excluding carboxylic acids is 1. The highest BCUT2D eigenvalue weighted by Crippen LogP contribution is 2.36. The van der Waals surface area contributed by atoms with E-state index in [2.05, 4.69) is 16.2 Å². The zero-order valence-electron chi connectivity index (χ0n) is 16.5. The smallest absolute Gasteiger partial charge is 0.227 e. The minimum Gasteiger partial charge on any atom is -0.339 e. The maximum absolute atomic E-state index is 13.1. The molecule has 0 spiro atoms. The summed E-state index contributed by atoms with van der Waals surface area (Å²) in [4.78, 5) is 24.3. The second-order valence-electron chi connectivity index (χ2n) is 7.50. The summed E-state index contributed by atoms with van der Waals surface area (Å²) in [6.45, 7) is 0.776. The van der Waals surface area contributed by atoms with Crippen molar-refractivity contribution in [2.45, 2.75) is 38.1 Å². The first-order valence-corrected chi connectivity index (χ1v) is 11.1. The van der Waals surface area contributed by atoms with Crippen LogP contribution in [0, 0.1) is 0 Å². The molecule has 1 amide bonds. The van der Waals surface area contributed by atoms with Gasteiger partial charge in [-0.2, -0.15) is 4.98 Å². The summed E-state index contributed by atoms with van der Waals surface area (Å²) < 4.78 is 6.54. The van der Waals surface area contributed by atoms with Crippen molar-refractivity contribution >= 4 is 27.5 Å². The van der Waals surface area contributed by atoms with Gasteiger partial charge in [0, 0.05) is 24.9 Å². The van der Waals surface area contributed by atoms with Crippen LogP contribution in [0.4, 0.5) is 0 Å². The molecule has 5 rings (SSSR count). The van der Waals surface area contributed by atoms with E-state index in [1.807, 2.05) is 53.4 Å². The van der Waals surface area contributed by atoms with Gasteiger partial charge in [-0.1, -0.05) is 47.6 Å². The van der Waals surface area contributed by atoms with Crippen LogP contribution in [0.2, 0.25) is 0 Å². The van der Waals surface area contributed by atoms with Crippen molar-refractivity contribution in [1.82, 2.24) is 20.0 Å². The molecule has 6 nitrogen and oxygen atoms in total. The van der Waals surface area contributed by atoms with Crippen LogP contribution in [-0.4, -0.2) is 32.5 Å². The van der Waals surface area contributed by atoms with Gasteiger partial charge in [-0.15, -0.1) is 11.3 Å². The molecule has 1 aliphatic rings. The lowest BCUT2D eigenvalue weighted by Gasteiger charge is -2.34. The first-order chi connectivity index (χ1) is 14.8. The number of piperidine rings is 1. The van der Waals surface area contributed by atoms with Crippen molar-refractivity contribution in [2.24, 2.45) is 0 Å². The fourth-order valence-electron chi connectivity index (χ4n) is 3.94. The van der Waals surface area contributed by atoms with E-state index in [1.54, 1.807) is 11.3 Å². The molecule has 7 heteroatoms. The third-order valence-electron chi connectivity index (χ3n) is 5.47. The molecule has 1 atom stereocenters. The van der Waals surface area contributed by atoms with Gasteiger partial charge in [0.05, 0.1) is 16.3 Å². The van der Waals surface area contributed by atoms with Crippen molar-refractivity contribution in [2.75, 3.05) is 6.54 Å². The highest BCUT2D eigenvalue weighted by atomic mass is 32.1. The Morgan fingerprint density at radius 2 is 1.90 bits per heavy atom. The highest BCUT2D eigenvalue weighted by Gasteiger charge is 2.30. The Hall–Kier alpha value is -3.06. The van der Waals surface area contributed by atoms with E-state index < -0.39 is 0 Å². The summed E-state index contributed by atoms with van der Waals surface area (Å²) in [6, 6.07) is 17.9. The number of benzene rings is 2. The monoisotopic (exact) mass is 418 g/mol. The third-order valence-corrected chi connectivity index (χ3v) is 6.61. The van der Waals surface area contributed by atoms with Gasteiger partial charge in [0.1, 0.15) is 5.01 Å². The number of carbonyl (C=O) groups is 1. The molecule has 0 bridgehead atoms. The summed E-state index contributed by atoms with van der Waals surface area (Å²) >= 11 is 1.69. The van der Waals surface area contributed by atoms with Gasteiger partial charge in [-0.25, -0.2) is 4.98 Å². The van der Waals surface area contributed by atoms with E-state index in [9.17, 15) is 4.79 Å². The van der Waals surface area contributed by atoms with Crippen LogP contribution >= 0.6 is 11.3 Å². The molecule has 1 saturated heterocycles. The molecule has 2 aromatic heterocycles. The lowest BCUT2D eigenvalue weighted by Crippen LogP contribution is -2.38. The minimum absolute atomic E-state index is 0.0613. The average Bonchev–Trinajstić information content (AvgIpc) is 3.45. The molecule has 1 fully saturated rings. The summed E-state index contributed by atoms with van der Waals surface area (Å²) in [6.07, 6.45) is 3.92. The van der Waals surface area contributed by atoms with Crippen LogP contribution < -0.4 is 0 Å². The third kappa shape index (κ3) is 3.85. The van der Waals surface area contributed by atoms with Crippen LogP contribution in [0.15, 0.2) is 59.1 Å². The Kier molecular flexibility index (Phi) is 5.27. The van der Waals surface area contributed by atoms with Gasteiger partial charge < -0.3 is 9.42 Å². The predicted molar refractivity (Wildman–Crippen MR) is 116 cm³/mol. The van der Waals surface area contributed by atoms with Crippen molar-refractivity contribution in [3.05, 3.63) is 65.5 Å². The van der Waals surface area contributed by atoms with E-state index >= 15 is 0 Å². The molecule has 1 aliphatic heterocycles. The topological polar surface area (TPSA) is 72.1 Å². The van der Waals surface area contributed by atoms with E-state index in [-0.39, 0.29) is 11.9 Å². The normalized spacial score (nSPS) is 16.8. The molecule has 0 N–H and O–H groups in total. The van der Waals surface area contributed by atoms with Gasteiger partial charge in [0.2, 0.25) is 17.6 Å². The number of nitrogens with zero attached hydrogens (tertiary/aromatic N) is 4. The minimum atomic E-state index is 0.0613. The molecule has 0 aliphatic carbocycles. The Morgan fingerprint density at radius 3 is 2.77 bits per heavy atom. The van der Waals surface area contributed by atoms with Crippen LogP contribution in [0.5, 0.6) is 0 Å². The van der Waals surface area contributed by atoms with E-state index in [0.29, 0.717) is 24.6 Å². The SMILES string of the molecule is O=C(CCc1nc(-c2ccccc2)no1)N1CCCC[C@H]1c1nc2ccccc2s1. The number of likely N-dealkylation sites (tertiary alicyclic amines) is 1. The quantitative estimate of drug-likeness (QED) is 0.454. The van der Waals surface area contributed by atoms with E-state index in [0.717, 1.165) is 41.9 Å². The molecular formula is C23H22N4O2S. The summed E-state index contributed by atoms with van der Waals surface area (Å²) in [5.41, 5.74) is 1.92. The number of aromatic nitrogens is 3. The summed E-state index contributed by atoms with van der Waals surface area (Å²) in [5.74, 6) is 1.18. The summed E-state index contributed by atoms with van der Waals surface area (Å²) in [5, 5.41) is 5.08. The number of amides is 1. The van der Waals surface area contributed by atoms with Crippen molar-refractivity contribution in [3.8, 4) is 11.4 Å². The van der Waals surface area contributed by atoms with E-state index in [4.69, 9.17) is 9.51 Å². The highest BCUT2D eigenvalue weighted by molar-refractivity contribution is 7.18. The van der Waals surface area contributed by atoms with Crippen LogP contribution in [0.3, 0.4) is 0 Å². The maximum atomic E-state index is 13.1. The molecule has 0 radical (unpaired) electrons. The predicted octanol–water partition coefficient (Wildman–Crippen LogP) is 5.03. The first kappa shape index (κ1) is 18.9. The number of rotatable bonds is 5. The Labute approximate surface area is 178 Å². The van der Waals surface area contributed by atoms with Crippen molar-refractivity contribution in [3.63, 3.8) is 0 Å². The fourth-order valence-corrected chi connectivity index (χ4v) is 5.05. The first-order valence-electron chi connectivity index (χ1n) is 10.3. The second kappa shape index (κ2) is 8.36. The van der Waals surface area contributed by atoms with Gasteiger partial charge in [0.25, 0.3) is 0 Å². The number of para-hydroxylation sites is 1. The van der Waals surface area contributed by atoms with Crippen molar-refractivity contribution < 1.29 is 9.32 Å². The standard InChI is InChI=1S/C23H22N4O2S/c28-21(14-13-20-25-22(26-29-20)16-8-2-1-3-9-16)27-15-7-6-11-18(27)23-24-17-10-4-5-12-19(17)30-23/h1-5,8-10,12,18H,6-7,11,13-15H2/t18-/m0/s1. The number of aryl methyl sites for hydroxylation is 1. The van der Waals surface area contributed by atoms with Gasteiger partial charge in [0.15, 0.2) is 0 Å². The van der Waals surface area contributed by atoms with Crippen LogP contribution in [-0.2, 0) is 11.2 Å². The second-order valence-corrected chi connectivity index (χ2v) is 8.56. The lowest BCUT2D eigenvalue weighted by atomic mass is 10.0. The van der Waals surface area contributed by atoms with Gasteiger partial charge in [-0.3, -0.25) is 4.79 Å². The lowest BCUT2D eigenvalue weighted by molar-refractivity contribution is -0.135. The fraction of sp³-hybridized carbons (Fsp3) is 0.304. The Morgan fingerprint density at radius 1 is 1.07 bits per heavy atom. The molecule has 30 heavy (non-hydrogen) atoms. The number of hydrogen-bond acceptors (Lipinski definition) is 6. The van der Waals surface area contributed by atoms with Crippen LogP contribution in [0.1, 0.15) is 42.6 Å². The number of thiazole rings is 1. The molecule has 0 unspecified atom stereocenters. The zero-order chi connectivity index (χ0) is 20.3. The Bertz CT molecular complexity index is 1120. The Balaban J connectivity index is 1.28. The maximum Gasteiger partial charge on any atom is 0.227 e. The summed E-state index contributed by atoms with van der Waals surface area (Å²) in [7, 11) is 0. The van der Waals surface area contributed by atoms with Crippen LogP contribution in [0.25, 0.3) is 21.6 Å². The largest absolute Gasteiger partial charge is 0.339 e. The van der Waals surface area contributed by atoms with Gasteiger partial charge >= 0.3 is 0 Å². The van der Waals surface area contributed by atoms with Gasteiger partial charge in [-0.05, 0) is 31.4 Å². The van der Waals surface area contributed by atoms with Crippen molar-refractivity contribution in [1.29, 1.82) is 0 Å². The number of hydrogen-bond donors (Lipinski definition) is 0. The average molecular weight is 419 g/mol. The molecule has 4 aromatic rings. The van der Waals surface area contributed by atoms with E-state index in [1.165, 1.54) is 4.70 Å². The molecule has 3 heterocycles. The molecule has 152 valence electrons. The molecule has 2 aromatic carbocycles.